The van der Waals surface area contributed by atoms with Crippen molar-refractivity contribution in [2.45, 2.75) is 19.3 Å². The molecule has 0 radical (unpaired) electrons. The number of hydrogen-bond acceptors (Lipinski definition) is 1. The van der Waals surface area contributed by atoms with Gasteiger partial charge in [0.1, 0.15) is 0 Å². The topological polar surface area (TPSA) is 17.1 Å². The summed E-state index contributed by atoms with van der Waals surface area (Å²) < 4.78 is 1.05. The summed E-state index contributed by atoms with van der Waals surface area (Å²) in [4.78, 5) is 12.3. The van der Waals surface area contributed by atoms with E-state index in [1.807, 2.05) is 30.3 Å². The molecule has 17 heavy (non-hydrogen) atoms. The predicted molar refractivity (Wildman–Crippen MR) is 73.3 cm³/mol. The number of halogens is 1. The lowest BCUT2D eigenvalue weighted by Gasteiger charge is -2.24. The van der Waals surface area contributed by atoms with Crippen LogP contribution in [-0.2, 0) is 0 Å². The van der Waals surface area contributed by atoms with Gasteiger partial charge in [0.05, 0.1) is 0 Å². The largest absolute Gasteiger partial charge is 0.294 e. The first-order valence-corrected chi connectivity index (χ1v) is 6.78. The van der Waals surface area contributed by atoms with Gasteiger partial charge in [0.25, 0.3) is 0 Å². The van der Waals surface area contributed by atoms with Crippen molar-refractivity contribution in [3.63, 3.8) is 0 Å². The number of benzene rings is 2. The zero-order valence-electron chi connectivity index (χ0n) is 9.45. The highest BCUT2D eigenvalue weighted by atomic mass is 79.9. The van der Waals surface area contributed by atoms with Gasteiger partial charge in [-0.15, -0.1) is 0 Å². The van der Waals surface area contributed by atoms with Crippen molar-refractivity contribution in [3.8, 4) is 0 Å². The molecule has 3 rings (SSSR count). The lowest BCUT2D eigenvalue weighted by molar-refractivity contribution is 0.0857. The minimum absolute atomic E-state index is 0.264. The van der Waals surface area contributed by atoms with Gasteiger partial charge < -0.3 is 0 Å². The number of carbonyl (C=O) groups excluding carboxylic acids is 1. The molecule has 0 N–H and O–H groups in total. The van der Waals surface area contributed by atoms with E-state index in [0.717, 1.165) is 33.7 Å². The fourth-order valence-corrected chi connectivity index (χ4v) is 2.85. The number of Topliss-reactive ketones (excluding diaryl/α,β-unsaturated/α-hetero) is 1. The maximum atomic E-state index is 12.3. The maximum absolute atomic E-state index is 12.3. The van der Waals surface area contributed by atoms with E-state index in [-0.39, 0.29) is 5.92 Å². The smallest absolute Gasteiger partial charge is 0.166 e. The van der Waals surface area contributed by atoms with Gasteiger partial charge in [-0.3, -0.25) is 4.79 Å². The van der Waals surface area contributed by atoms with Crippen molar-refractivity contribution in [1.82, 2.24) is 0 Å². The summed E-state index contributed by atoms with van der Waals surface area (Å²) in [6.07, 6.45) is 3.32. The van der Waals surface area contributed by atoms with Crippen LogP contribution in [0.25, 0.3) is 10.8 Å². The maximum Gasteiger partial charge on any atom is 0.166 e. The van der Waals surface area contributed by atoms with Crippen LogP contribution in [0, 0.1) is 5.92 Å². The number of ketones is 1. The van der Waals surface area contributed by atoms with Gasteiger partial charge in [0.2, 0.25) is 0 Å². The van der Waals surface area contributed by atoms with Gasteiger partial charge in [0.15, 0.2) is 5.78 Å². The summed E-state index contributed by atoms with van der Waals surface area (Å²) in [5, 5.41) is 2.19. The Morgan fingerprint density at radius 3 is 2.41 bits per heavy atom. The quantitative estimate of drug-likeness (QED) is 0.739. The van der Waals surface area contributed by atoms with Crippen LogP contribution in [0.1, 0.15) is 29.6 Å². The molecule has 2 aromatic rings. The highest BCUT2D eigenvalue weighted by Crippen LogP contribution is 2.33. The SMILES string of the molecule is O=C(c1ccc(Br)c2ccccc12)C1CCC1. The normalized spacial score (nSPS) is 15.8. The van der Waals surface area contributed by atoms with E-state index < -0.39 is 0 Å². The van der Waals surface area contributed by atoms with Gasteiger partial charge in [-0.2, -0.15) is 0 Å². The summed E-state index contributed by atoms with van der Waals surface area (Å²) >= 11 is 3.54. The number of rotatable bonds is 2. The van der Waals surface area contributed by atoms with Crippen LogP contribution in [0.3, 0.4) is 0 Å². The van der Waals surface area contributed by atoms with E-state index in [1.54, 1.807) is 0 Å². The van der Waals surface area contributed by atoms with Gasteiger partial charge in [-0.05, 0) is 35.7 Å². The zero-order valence-corrected chi connectivity index (χ0v) is 11.0. The zero-order chi connectivity index (χ0) is 11.8. The molecule has 2 aromatic carbocycles. The second-order valence-electron chi connectivity index (χ2n) is 4.63. The van der Waals surface area contributed by atoms with Crippen LogP contribution in [0.15, 0.2) is 40.9 Å². The second-order valence-corrected chi connectivity index (χ2v) is 5.49. The third kappa shape index (κ3) is 1.81. The lowest BCUT2D eigenvalue weighted by Crippen LogP contribution is -2.22. The highest BCUT2D eigenvalue weighted by Gasteiger charge is 2.27. The molecule has 2 heteroatoms. The Bertz CT molecular complexity index is 584. The first-order chi connectivity index (χ1) is 8.27. The van der Waals surface area contributed by atoms with Crippen LogP contribution in [0.5, 0.6) is 0 Å². The molecule has 1 nitrogen and oxygen atoms in total. The third-order valence-electron chi connectivity index (χ3n) is 3.61. The van der Waals surface area contributed by atoms with E-state index in [0.29, 0.717) is 5.78 Å². The van der Waals surface area contributed by atoms with E-state index >= 15 is 0 Å². The predicted octanol–water partition coefficient (Wildman–Crippen LogP) is 4.59. The Kier molecular flexibility index (Phi) is 2.75. The molecule has 1 aliphatic rings. The summed E-state index contributed by atoms with van der Waals surface area (Å²) in [5.41, 5.74) is 0.883. The molecule has 1 fully saturated rings. The van der Waals surface area contributed by atoms with Crippen LogP contribution in [-0.4, -0.2) is 5.78 Å². The van der Waals surface area contributed by atoms with Crippen molar-refractivity contribution in [1.29, 1.82) is 0 Å². The van der Waals surface area contributed by atoms with Crippen molar-refractivity contribution in [2.24, 2.45) is 5.92 Å². The Labute approximate surface area is 109 Å². The minimum atomic E-state index is 0.264. The minimum Gasteiger partial charge on any atom is -0.294 e. The molecule has 0 atom stereocenters. The lowest BCUT2D eigenvalue weighted by atomic mass is 9.79. The number of carbonyl (C=O) groups is 1. The summed E-state index contributed by atoms with van der Waals surface area (Å²) in [5.74, 6) is 0.583. The average molecular weight is 289 g/mol. The molecule has 0 aliphatic heterocycles. The molecular weight excluding hydrogens is 276 g/mol. The highest BCUT2D eigenvalue weighted by molar-refractivity contribution is 9.10. The van der Waals surface area contributed by atoms with E-state index in [9.17, 15) is 4.79 Å². The molecule has 0 aromatic heterocycles. The Morgan fingerprint density at radius 2 is 1.76 bits per heavy atom. The fraction of sp³-hybridized carbons (Fsp3) is 0.267. The molecule has 1 aliphatic carbocycles. The Balaban J connectivity index is 2.16. The Morgan fingerprint density at radius 1 is 1.06 bits per heavy atom. The standard InChI is InChI=1S/C15H13BrO/c16-14-9-8-13(15(17)10-4-3-5-10)11-6-1-2-7-12(11)14/h1-2,6-10H,3-5H2. The first kappa shape index (κ1) is 11.0. The monoisotopic (exact) mass is 288 g/mol. The van der Waals surface area contributed by atoms with Gasteiger partial charge >= 0.3 is 0 Å². The van der Waals surface area contributed by atoms with Crippen LogP contribution in [0.4, 0.5) is 0 Å². The summed E-state index contributed by atoms with van der Waals surface area (Å²) in [6.45, 7) is 0. The summed E-state index contributed by atoms with van der Waals surface area (Å²) in [6, 6.07) is 12.0. The Hall–Kier alpha value is -1.15. The first-order valence-electron chi connectivity index (χ1n) is 5.99. The van der Waals surface area contributed by atoms with Crippen molar-refractivity contribution >= 4 is 32.5 Å². The second kappa shape index (κ2) is 4.26. The molecule has 0 saturated heterocycles. The third-order valence-corrected chi connectivity index (χ3v) is 4.30. The van der Waals surface area contributed by atoms with E-state index in [2.05, 4.69) is 22.0 Å². The number of hydrogen-bond donors (Lipinski definition) is 0. The summed E-state index contributed by atoms with van der Waals surface area (Å²) in [7, 11) is 0. The molecule has 0 bridgehead atoms. The molecule has 0 amide bonds. The molecule has 86 valence electrons. The average Bonchev–Trinajstić information content (AvgIpc) is 2.27. The molecule has 0 unspecified atom stereocenters. The van der Waals surface area contributed by atoms with Crippen molar-refractivity contribution < 1.29 is 4.79 Å². The van der Waals surface area contributed by atoms with Crippen molar-refractivity contribution in [3.05, 3.63) is 46.4 Å². The van der Waals surface area contributed by atoms with Gasteiger partial charge in [-0.1, -0.05) is 46.6 Å². The fourth-order valence-electron chi connectivity index (χ4n) is 2.37. The molecule has 0 heterocycles. The molecule has 0 spiro atoms. The molecular formula is C15H13BrO. The van der Waals surface area contributed by atoms with Crippen LogP contribution < -0.4 is 0 Å². The van der Waals surface area contributed by atoms with Gasteiger partial charge in [0, 0.05) is 16.0 Å². The van der Waals surface area contributed by atoms with Crippen LogP contribution >= 0.6 is 15.9 Å². The number of fused-ring (bicyclic) bond motifs is 1. The molecule has 1 saturated carbocycles. The van der Waals surface area contributed by atoms with Crippen LogP contribution in [0.2, 0.25) is 0 Å². The van der Waals surface area contributed by atoms with E-state index in [4.69, 9.17) is 0 Å². The van der Waals surface area contributed by atoms with Gasteiger partial charge in [-0.25, -0.2) is 0 Å². The van der Waals surface area contributed by atoms with E-state index in [1.165, 1.54) is 6.42 Å². The van der Waals surface area contributed by atoms with Crippen molar-refractivity contribution in [2.75, 3.05) is 0 Å².